The maximum Gasteiger partial charge on any atom is 0.141 e. The number of quaternary nitrogens is 1. The van der Waals surface area contributed by atoms with Crippen molar-refractivity contribution in [1.82, 2.24) is 9.97 Å². The zero-order chi connectivity index (χ0) is 18.1. The molecular formula is C20H22N5S+. The van der Waals surface area contributed by atoms with Crippen LogP contribution < -0.4 is 9.80 Å². The van der Waals surface area contributed by atoms with Crippen molar-refractivity contribution < 1.29 is 4.90 Å². The molecule has 6 heteroatoms. The fraction of sp³-hybridized carbons (Fsp3) is 0.350. The molecule has 0 aliphatic carbocycles. The van der Waals surface area contributed by atoms with Gasteiger partial charge in [0.25, 0.3) is 0 Å². The molecule has 1 aliphatic heterocycles. The van der Waals surface area contributed by atoms with Gasteiger partial charge in [0.05, 0.1) is 43.2 Å². The first-order chi connectivity index (χ1) is 12.7. The number of anilines is 1. The highest BCUT2D eigenvalue weighted by Crippen LogP contribution is 2.34. The molecule has 3 heterocycles. The van der Waals surface area contributed by atoms with Crippen LogP contribution >= 0.6 is 11.3 Å². The van der Waals surface area contributed by atoms with Crippen molar-refractivity contribution in [2.24, 2.45) is 0 Å². The number of aromatic nitrogens is 2. The van der Waals surface area contributed by atoms with Crippen LogP contribution in [0.1, 0.15) is 21.6 Å². The quantitative estimate of drug-likeness (QED) is 0.773. The molecular weight excluding hydrogens is 342 g/mol. The molecule has 0 unspecified atom stereocenters. The number of hydrogen-bond donors (Lipinski definition) is 1. The van der Waals surface area contributed by atoms with Gasteiger partial charge in [-0.15, -0.1) is 11.3 Å². The average molecular weight is 364 g/mol. The predicted octanol–water partition coefficient (Wildman–Crippen LogP) is 2.08. The van der Waals surface area contributed by atoms with Crippen molar-refractivity contribution in [3.8, 4) is 6.07 Å². The van der Waals surface area contributed by atoms with Gasteiger partial charge in [-0.2, -0.15) is 5.26 Å². The van der Waals surface area contributed by atoms with E-state index in [0.29, 0.717) is 0 Å². The summed E-state index contributed by atoms with van der Waals surface area (Å²) in [6.45, 7) is 9.54. The molecule has 0 saturated carbocycles. The van der Waals surface area contributed by atoms with Crippen LogP contribution in [0.25, 0.3) is 10.2 Å². The summed E-state index contributed by atoms with van der Waals surface area (Å²) in [6, 6.07) is 10.1. The highest BCUT2D eigenvalue weighted by molar-refractivity contribution is 7.18. The Morgan fingerprint density at radius 3 is 2.58 bits per heavy atom. The summed E-state index contributed by atoms with van der Waals surface area (Å²) >= 11 is 1.76. The summed E-state index contributed by atoms with van der Waals surface area (Å²) in [5, 5.41) is 10.1. The van der Waals surface area contributed by atoms with Gasteiger partial charge in [-0.1, -0.05) is 12.1 Å². The first-order valence-corrected chi connectivity index (χ1v) is 9.75. The SMILES string of the molecule is Cc1sc2ncnc(N3CC[NH+](Cc4ccc(C#N)cc4)CC3)c2c1C. The largest absolute Gasteiger partial charge is 0.345 e. The maximum atomic E-state index is 8.91. The first-order valence-electron chi connectivity index (χ1n) is 8.94. The second-order valence-electron chi connectivity index (χ2n) is 6.88. The fourth-order valence-electron chi connectivity index (χ4n) is 3.60. The molecule has 26 heavy (non-hydrogen) atoms. The molecule has 2 aromatic heterocycles. The second kappa shape index (κ2) is 7.02. The molecule has 0 spiro atoms. The van der Waals surface area contributed by atoms with Crippen LogP contribution in [0.5, 0.6) is 0 Å². The van der Waals surface area contributed by atoms with E-state index in [-0.39, 0.29) is 0 Å². The van der Waals surface area contributed by atoms with Crippen molar-refractivity contribution in [3.63, 3.8) is 0 Å². The molecule has 1 saturated heterocycles. The Morgan fingerprint density at radius 2 is 1.88 bits per heavy atom. The van der Waals surface area contributed by atoms with E-state index in [1.54, 1.807) is 22.6 Å². The van der Waals surface area contributed by atoms with Crippen LogP contribution in [0, 0.1) is 25.2 Å². The number of nitriles is 1. The highest BCUT2D eigenvalue weighted by Gasteiger charge is 2.24. The standard InChI is InChI=1S/C20H21N5S/c1-14-15(2)26-20-18(14)19(22-13-23-20)25-9-7-24(8-10-25)12-17-5-3-16(11-21)4-6-17/h3-6,13H,7-10,12H2,1-2H3/p+1. The molecule has 1 aromatic carbocycles. The second-order valence-corrected chi connectivity index (χ2v) is 8.09. The van der Waals surface area contributed by atoms with E-state index in [4.69, 9.17) is 5.26 Å². The Balaban J connectivity index is 1.46. The molecule has 0 amide bonds. The summed E-state index contributed by atoms with van der Waals surface area (Å²) in [5.41, 5.74) is 3.33. The van der Waals surface area contributed by atoms with E-state index in [1.807, 2.05) is 12.1 Å². The molecule has 5 nitrogen and oxygen atoms in total. The monoisotopic (exact) mass is 364 g/mol. The summed E-state index contributed by atoms with van der Waals surface area (Å²) in [5.74, 6) is 1.09. The van der Waals surface area contributed by atoms with E-state index in [1.165, 1.54) is 21.4 Å². The van der Waals surface area contributed by atoms with E-state index < -0.39 is 0 Å². The summed E-state index contributed by atoms with van der Waals surface area (Å²) < 4.78 is 0. The van der Waals surface area contributed by atoms with Gasteiger partial charge in [-0.25, -0.2) is 9.97 Å². The van der Waals surface area contributed by atoms with Gasteiger partial charge in [0.15, 0.2) is 0 Å². The van der Waals surface area contributed by atoms with E-state index in [2.05, 4.69) is 46.9 Å². The molecule has 132 valence electrons. The lowest BCUT2D eigenvalue weighted by Gasteiger charge is -2.33. The van der Waals surface area contributed by atoms with Crippen LogP contribution in [-0.4, -0.2) is 36.1 Å². The van der Waals surface area contributed by atoms with E-state index in [0.717, 1.165) is 48.9 Å². The maximum absolute atomic E-state index is 8.91. The lowest BCUT2D eigenvalue weighted by molar-refractivity contribution is -0.914. The Morgan fingerprint density at radius 1 is 1.15 bits per heavy atom. The number of piperazine rings is 1. The van der Waals surface area contributed by atoms with Gasteiger partial charge in [0.2, 0.25) is 0 Å². The normalized spacial score (nSPS) is 15.3. The van der Waals surface area contributed by atoms with Crippen molar-refractivity contribution in [2.75, 3.05) is 31.1 Å². The summed E-state index contributed by atoms with van der Waals surface area (Å²) in [4.78, 5) is 15.5. The van der Waals surface area contributed by atoms with Gasteiger partial charge in [0.1, 0.15) is 23.5 Å². The molecule has 1 fully saturated rings. The molecule has 4 rings (SSSR count). The number of hydrogen-bond acceptors (Lipinski definition) is 5. The van der Waals surface area contributed by atoms with E-state index in [9.17, 15) is 0 Å². The lowest BCUT2D eigenvalue weighted by atomic mass is 10.1. The summed E-state index contributed by atoms with van der Waals surface area (Å²) in [7, 11) is 0. The molecule has 0 bridgehead atoms. The van der Waals surface area contributed by atoms with Gasteiger partial charge >= 0.3 is 0 Å². The van der Waals surface area contributed by atoms with Gasteiger partial charge in [0, 0.05) is 10.4 Å². The topological polar surface area (TPSA) is 57.2 Å². The molecule has 0 atom stereocenters. The number of aryl methyl sites for hydroxylation is 2. The predicted molar refractivity (Wildman–Crippen MR) is 105 cm³/mol. The zero-order valence-corrected chi connectivity index (χ0v) is 15.9. The minimum atomic E-state index is 0.725. The minimum Gasteiger partial charge on any atom is -0.345 e. The number of nitrogens with zero attached hydrogens (tertiary/aromatic N) is 4. The minimum absolute atomic E-state index is 0.725. The molecule has 1 aliphatic rings. The van der Waals surface area contributed by atoms with Crippen molar-refractivity contribution in [1.29, 1.82) is 5.26 Å². The van der Waals surface area contributed by atoms with Crippen molar-refractivity contribution >= 4 is 27.4 Å². The third kappa shape index (κ3) is 3.16. The van der Waals surface area contributed by atoms with Gasteiger partial charge < -0.3 is 9.80 Å². The summed E-state index contributed by atoms with van der Waals surface area (Å²) in [6.07, 6.45) is 1.70. The number of benzene rings is 1. The number of fused-ring (bicyclic) bond motifs is 1. The Labute approximate surface area is 157 Å². The number of thiophene rings is 1. The third-order valence-corrected chi connectivity index (χ3v) is 6.37. The fourth-order valence-corrected chi connectivity index (χ4v) is 4.59. The molecule has 1 N–H and O–H groups in total. The average Bonchev–Trinajstić information content (AvgIpc) is 2.97. The first kappa shape index (κ1) is 17.0. The third-order valence-electron chi connectivity index (χ3n) is 5.25. The smallest absolute Gasteiger partial charge is 0.141 e. The van der Waals surface area contributed by atoms with Crippen LogP contribution in [0.4, 0.5) is 5.82 Å². The number of nitrogens with one attached hydrogen (secondary N) is 1. The number of rotatable bonds is 3. The van der Waals surface area contributed by atoms with Gasteiger partial charge in [-0.3, -0.25) is 0 Å². The van der Waals surface area contributed by atoms with Crippen LogP contribution in [0.2, 0.25) is 0 Å². The van der Waals surface area contributed by atoms with Crippen LogP contribution in [0.3, 0.4) is 0 Å². The molecule has 0 radical (unpaired) electrons. The Hall–Kier alpha value is -2.49. The van der Waals surface area contributed by atoms with Crippen LogP contribution in [0.15, 0.2) is 30.6 Å². The Kier molecular flexibility index (Phi) is 4.58. The Bertz CT molecular complexity index is 962. The van der Waals surface area contributed by atoms with Crippen molar-refractivity contribution in [3.05, 3.63) is 52.2 Å². The van der Waals surface area contributed by atoms with Gasteiger partial charge in [-0.05, 0) is 31.5 Å². The lowest BCUT2D eigenvalue weighted by Crippen LogP contribution is -3.13. The van der Waals surface area contributed by atoms with E-state index >= 15 is 0 Å². The molecule has 3 aromatic rings. The van der Waals surface area contributed by atoms with Crippen molar-refractivity contribution in [2.45, 2.75) is 20.4 Å². The highest BCUT2D eigenvalue weighted by atomic mass is 32.1. The van der Waals surface area contributed by atoms with Crippen LogP contribution in [-0.2, 0) is 6.54 Å². The zero-order valence-electron chi connectivity index (χ0n) is 15.1.